The number of benzene rings is 1. The fourth-order valence-electron chi connectivity index (χ4n) is 2.76. The number of anilines is 1. The van der Waals surface area contributed by atoms with Crippen LogP contribution in [0.15, 0.2) is 53.9 Å². The zero-order valence-corrected chi connectivity index (χ0v) is 16.4. The van der Waals surface area contributed by atoms with Gasteiger partial charge in [-0.1, -0.05) is 37.2 Å². The highest BCUT2D eigenvalue weighted by molar-refractivity contribution is 7.99. The van der Waals surface area contributed by atoms with Gasteiger partial charge in [0.25, 0.3) is 0 Å². The van der Waals surface area contributed by atoms with Gasteiger partial charge >= 0.3 is 0 Å². The predicted octanol–water partition coefficient (Wildman–Crippen LogP) is 4.04. The van der Waals surface area contributed by atoms with Gasteiger partial charge in [-0.05, 0) is 43.2 Å². The van der Waals surface area contributed by atoms with Gasteiger partial charge in [0.15, 0.2) is 11.0 Å². The van der Waals surface area contributed by atoms with Crippen LogP contribution in [-0.2, 0) is 17.8 Å². The molecule has 0 saturated heterocycles. The number of hydrogen-bond donors (Lipinski definition) is 1. The number of nitrogens with one attached hydrogen (secondary N) is 1. The standard InChI is InChI=1S/C20H23N5OS/c1-3-6-15-8-10-17(11-9-15)22-18(26)14-27-20-24-23-19(25(20)4-2)16-7-5-12-21-13-16/h5,7-13H,3-4,6,14H2,1-2H3,(H,22,26). The third kappa shape index (κ3) is 4.95. The number of carbonyl (C=O) groups excluding carboxylic acids is 1. The highest BCUT2D eigenvalue weighted by Gasteiger charge is 2.14. The second kappa shape index (κ2) is 9.32. The van der Waals surface area contributed by atoms with Crippen LogP contribution >= 0.6 is 11.8 Å². The van der Waals surface area contributed by atoms with Gasteiger partial charge in [0.05, 0.1) is 5.75 Å². The highest BCUT2D eigenvalue weighted by Crippen LogP contribution is 2.23. The van der Waals surface area contributed by atoms with Crippen LogP contribution in [0, 0.1) is 0 Å². The van der Waals surface area contributed by atoms with E-state index in [0.717, 1.165) is 41.6 Å². The lowest BCUT2D eigenvalue weighted by molar-refractivity contribution is -0.113. The lowest BCUT2D eigenvalue weighted by atomic mass is 10.1. The minimum atomic E-state index is -0.0585. The molecule has 0 atom stereocenters. The number of hydrogen-bond acceptors (Lipinski definition) is 5. The molecule has 0 unspecified atom stereocenters. The molecule has 0 saturated carbocycles. The maximum atomic E-state index is 12.3. The van der Waals surface area contributed by atoms with E-state index >= 15 is 0 Å². The van der Waals surface area contributed by atoms with Crippen LogP contribution in [0.4, 0.5) is 5.69 Å². The van der Waals surface area contributed by atoms with Crippen molar-refractivity contribution >= 4 is 23.4 Å². The summed E-state index contributed by atoms with van der Waals surface area (Å²) < 4.78 is 1.99. The van der Waals surface area contributed by atoms with Crippen molar-refractivity contribution in [2.75, 3.05) is 11.1 Å². The summed E-state index contributed by atoms with van der Waals surface area (Å²) in [6, 6.07) is 11.8. The van der Waals surface area contributed by atoms with E-state index in [1.807, 2.05) is 35.8 Å². The average Bonchev–Trinajstić information content (AvgIpc) is 3.12. The van der Waals surface area contributed by atoms with E-state index in [0.29, 0.717) is 0 Å². The number of nitrogens with zero attached hydrogens (tertiary/aromatic N) is 4. The molecule has 0 bridgehead atoms. The molecule has 0 fully saturated rings. The van der Waals surface area contributed by atoms with Gasteiger partial charge in [-0.25, -0.2) is 0 Å². The number of thioether (sulfide) groups is 1. The second-order valence-corrected chi connectivity index (χ2v) is 7.02. The van der Waals surface area contributed by atoms with Gasteiger partial charge in [0, 0.05) is 30.2 Å². The minimum absolute atomic E-state index is 0.0585. The van der Waals surface area contributed by atoms with Crippen molar-refractivity contribution in [3.05, 3.63) is 54.4 Å². The van der Waals surface area contributed by atoms with Gasteiger partial charge < -0.3 is 9.88 Å². The van der Waals surface area contributed by atoms with Gasteiger partial charge in [0.1, 0.15) is 0 Å². The Morgan fingerprint density at radius 3 is 2.63 bits per heavy atom. The maximum absolute atomic E-state index is 12.3. The first kappa shape index (κ1) is 19.1. The van der Waals surface area contributed by atoms with Crippen molar-refractivity contribution in [3.8, 4) is 11.4 Å². The molecule has 6 nitrogen and oxygen atoms in total. The number of aryl methyl sites for hydroxylation is 1. The van der Waals surface area contributed by atoms with E-state index in [1.165, 1.54) is 17.3 Å². The monoisotopic (exact) mass is 381 g/mol. The first-order valence-corrected chi connectivity index (χ1v) is 10.0. The van der Waals surface area contributed by atoms with Crippen molar-refractivity contribution in [3.63, 3.8) is 0 Å². The van der Waals surface area contributed by atoms with Gasteiger partial charge in [-0.15, -0.1) is 10.2 Å². The normalized spacial score (nSPS) is 10.7. The summed E-state index contributed by atoms with van der Waals surface area (Å²) in [4.78, 5) is 16.4. The van der Waals surface area contributed by atoms with Crippen LogP contribution in [0.2, 0.25) is 0 Å². The largest absolute Gasteiger partial charge is 0.325 e. The number of pyridine rings is 1. The topological polar surface area (TPSA) is 72.7 Å². The molecule has 140 valence electrons. The van der Waals surface area contributed by atoms with Crippen molar-refractivity contribution in [1.29, 1.82) is 0 Å². The Labute approximate surface area is 163 Å². The number of carbonyl (C=O) groups is 1. The van der Waals surface area contributed by atoms with E-state index < -0.39 is 0 Å². The second-order valence-electron chi connectivity index (χ2n) is 6.08. The predicted molar refractivity (Wildman–Crippen MR) is 109 cm³/mol. The number of rotatable bonds is 8. The Hall–Kier alpha value is -2.67. The Morgan fingerprint density at radius 2 is 1.96 bits per heavy atom. The Morgan fingerprint density at radius 1 is 1.15 bits per heavy atom. The summed E-state index contributed by atoms with van der Waals surface area (Å²) in [5.74, 6) is 0.985. The van der Waals surface area contributed by atoms with E-state index in [4.69, 9.17) is 0 Å². The van der Waals surface area contributed by atoms with E-state index in [2.05, 4.69) is 39.6 Å². The zero-order valence-electron chi connectivity index (χ0n) is 15.6. The van der Waals surface area contributed by atoms with Gasteiger partial charge in [-0.2, -0.15) is 0 Å². The van der Waals surface area contributed by atoms with Gasteiger partial charge in [0.2, 0.25) is 5.91 Å². The van der Waals surface area contributed by atoms with Crippen molar-refractivity contribution in [2.45, 2.75) is 38.4 Å². The summed E-state index contributed by atoms with van der Waals surface area (Å²) in [5, 5.41) is 12.2. The number of amides is 1. The fourth-order valence-corrected chi connectivity index (χ4v) is 3.56. The van der Waals surface area contributed by atoms with Crippen molar-refractivity contribution in [1.82, 2.24) is 19.7 Å². The third-order valence-corrected chi connectivity index (χ3v) is 5.03. The molecule has 0 radical (unpaired) electrons. The number of aromatic nitrogens is 4. The molecule has 1 aromatic carbocycles. The molecule has 3 rings (SSSR count). The molecule has 0 aliphatic rings. The van der Waals surface area contributed by atoms with Crippen LogP contribution in [0.25, 0.3) is 11.4 Å². The van der Waals surface area contributed by atoms with Crippen LogP contribution < -0.4 is 5.32 Å². The molecule has 1 amide bonds. The van der Waals surface area contributed by atoms with Crippen LogP contribution in [0.3, 0.4) is 0 Å². The molecular formula is C20H23N5OS. The summed E-state index contributed by atoms with van der Waals surface area (Å²) in [6.07, 6.45) is 5.65. The van der Waals surface area contributed by atoms with Crippen LogP contribution in [0.5, 0.6) is 0 Å². The Kier molecular flexibility index (Phi) is 6.59. The summed E-state index contributed by atoms with van der Waals surface area (Å²) in [6.45, 7) is 4.91. The lowest BCUT2D eigenvalue weighted by Crippen LogP contribution is -2.14. The lowest BCUT2D eigenvalue weighted by Gasteiger charge is -2.08. The first-order chi connectivity index (χ1) is 13.2. The molecule has 7 heteroatoms. The molecule has 0 spiro atoms. The highest BCUT2D eigenvalue weighted by atomic mass is 32.2. The van der Waals surface area contributed by atoms with Crippen molar-refractivity contribution in [2.24, 2.45) is 0 Å². The van der Waals surface area contributed by atoms with Gasteiger partial charge in [-0.3, -0.25) is 9.78 Å². The maximum Gasteiger partial charge on any atom is 0.234 e. The zero-order chi connectivity index (χ0) is 19.1. The SMILES string of the molecule is CCCc1ccc(NC(=O)CSc2nnc(-c3cccnc3)n2CC)cc1. The van der Waals surface area contributed by atoms with E-state index in [1.54, 1.807) is 12.4 Å². The smallest absolute Gasteiger partial charge is 0.234 e. The third-order valence-electron chi connectivity index (χ3n) is 4.06. The summed E-state index contributed by atoms with van der Waals surface area (Å²) in [5.41, 5.74) is 3.01. The van der Waals surface area contributed by atoms with Crippen LogP contribution in [-0.4, -0.2) is 31.4 Å². The Balaban J connectivity index is 1.61. The quantitative estimate of drug-likeness (QED) is 0.596. The Bertz CT molecular complexity index is 877. The van der Waals surface area contributed by atoms with E-state index in [9.17, 15) is 4.79 Å². The molecular weight excluding hydrogens is 358 g/mol. The molecule has 3 aromatic rings. The summed E-state index contributed by atoms with van der Waals surface area (Å²) >= 11 is 1.38. The molecule has 27 heavy (non-hydrogen) atoms. The fraction of sp³-hybridized carbons (Fsp3) is 0.300. The molecule has 1 N–H and O–H groups in total. The molecule has 2 aromatic heterocycles. The average molecular weight is 382 g/mol. The van der Waals surface area contributed by atoms with E-state index in [-0.39, 0.29) is 11.7 Å². The van der Waals surface area contributed by atoms with Crippen molar-refractivity contribution < 1.29 is 4.79 Å². The molecule has 2 heterocycles. The van der Waals surface area contributed by atoms with Crippen LogP contribution in [0.1, 0.15) is 25.8 Å². The molecule has 0 aliphatic heterocycles. The first-order valence-electron chi connectivity index (χ1n) is 9.06. The summed E-state index contributed by atoms with van der Waals surface area (Å²) in [7, 11) is 0. The minimum Gasteiger partial charge on any atom is -0.325 e. The molecule has 0 aliphatic carbocycles.